The van der Waals surface area contributed by atoms with Gasteiger partial charge in [0.2, 0.25) is 0 Å². The van der Waals surface area contributed by atoms with E-state index in [0.29, 0.717) is 6.54 Å². The standard InChI is InChI=1S/C25H29N3O2S2/c1-5-7-15-28-23(29)22(32-25(28)26-17(3)18-11-9-8-10-12-18)24-27(6-2)20-16-19(30-4)13-14-21(20)31-24/h8-14,16-17H,5-7,15H2,1-4H3/t17-/m0/s1. The van der Waals surface area contributed by atoms with Crippen LogP contribution in [0.25, 0.3) is 0 Å². The molecular weight excluding hydrogens is 438 g/mol. The van der Waals surface area contributed by atoms with Crippen LogP contribution in [-0.2, 0) is 4.79 Å². The van der Waals surface area contributed by atoms with Gasteiger partial charge in [-0.2, -0.15) is 0 Å². The van der Waals surface area contributed by atoms with Crippen molar-refractivity contribution in [3.05, 3.63) is 64.0 Å². The molecule has 32 heavy (non-hydrogen) atoms. The third kappa shape index (κ3) is 4.41. The fourth-order valence-corrected chi connectivity index (χ4v) is 6.25. The molecule has 0 aliphatic carbocycles. The van der Waals surface area contributed by atoms with E-state index in [9.17, 15) is 4.79 Å². The largest absolute Gasteiger partial charge is 0.497 e. The summed E-state index contributed by atoms with van der Waals surface area (Å²) >= 11 is 3.17. The van der Waals surface area contributed by atoms with Crippen LogP contribution in [0.2, 0.25) is 0 Å². The van der Waals surface area contributed by atoms with Gasteiger partial charge in [-0.25, -0.2) is 0 Å². The van der Waals surface area contributed by atoms with Gasteiger partial charge in [0, 0.05) is 24.1 Å². The molecule has 0 radical (unpaired) electrons. The van der Waals surface area contributed by atoms with Gasteiger partial charge in [-0.3, -0.25) is 14.7 Å². The first-order chi connectivity index (χ1) is 15.6. The highest BCUT2D eigenvalue weighted by Gasteiger charge is 2.39. The summed E-state index contributed by atoms with van der Waals surface area (Å²) in [7, 11) is 1.68. The second-order valence-electron chi connectivity index (χ2n) is 7.72. The molecule has 0 aromatic heterocycles. The molecule has 2 heterocycles. The fourth-order valence-electron chi connectivity index (χ4n) is 3.79. The number of aliphatic imine (C=N–C) groups is 1. The minimum atomic E-state index is -0.0139. The number of methoxy groups -OCH3 is 1. The number of carbonyl (C=O) groups is 1. The quantitative estimate of drug-likeness (QED) is 0.448. The van der Waals surface area contributed by atoms with Gasteiger partial charge in [0.05, 0.1) is 18.8 Å². The van der Waals surface area contributed by atoms with Gasteiger partial charge in [-0.05, 0) is 49.7 Å². The Morgan fingerprint density at radius 2 is 1.84 bits per heavy atom. The van der Waals surface area contributed by atoms with Crippen LogP contribution in [0.5, 0.6) is 5.75 Å². The topological polar surface area (TPSA) is 45.1 Å². The lowest BCUT2D eigenvalue weighted by atomic mass is 10.1. The molecule has 1 saturated heterocycles. The molecule has 4 rings (SSSR count). The van der Waals surface area contributed by atoms with Crippen LogP contribution in [0.1, 0.15) is 45.2 Å². The monoisotopic (exact) mass is 467 g/mol. The number of benzene rings is 2. The van der Waals surface area contributed by atoms with E-state index in [1.807, 2.05) is 35.2 Å². The number of nitrogens with zero attached hydrogens (tertiary/aromatic N) is 3. The van der Waals surface area contributed by atoms with E-state index in [1.54, 1.807) is 18.9 Å². The lowest BCUT2D eigenvalue weighted by Gasteiger charge is -2.19. The molecule has 2 aromatic carbocycles. The van der Waals surface area contributed by atoms with Crippen molar-refractivity contribution in [2.75, 3.05) is 25.1 Å². The van der Waals surface area contributed by atoms with Crippen molar-refractivity contribution in [3.63, 3.8) is 0 Å². The first-order valence-electron chi connectivity index (χ1n) is 11.1. The average molecular weight is 468 g/mol. The van der Waals surface area contributed by atoms with Crippen molar-refractivity contribution in [1.82, 2.24) is 4.90 Å². The zero-order valence-electron chi connectivity index (χ0n) is 19.0. The van der Waals surface area contributed by atoms with Crippen LogP contribution in [-0.4, -0.2) is 36.2 Å². The van der Waals surface area contributed by atoms with Crippen LogP contribution < -0.4 is 9.64 Å². The van der Waals surface area contributed by atoms with E-state index < -0.39 is 0 Å². The highest BCUT2D eigenvalue weighted by molar-refractivity contribution is 8.19. The van der Waals surface area contributed by atoms with E-state index in [1.165, 1.54) is 11.8 Å². The minimum absolute atomic E-state index is 0.0139. The second kappa shape index (κ2) is 10.0. The Morgan fingerprint density at radius 3 is 2.53 bits per heavy atom. The normalized spacial score (nSPS) is 20.2. The van der Waals surface area contributed by atoms with Crippen molar-refractivity contribution in [1.29, 1.82) is 0 Å². The number of thioether (sulfide) groups is 2. The predicted molar refractivity (Wildman–Crippen MR) is 135 cm³/mol. The smallest absolute Gasteiger partial charge is 0.269 e. The molecule has 0 saturated carbocycles. The maximum absolute atomic E-state index is 13.6. The number of hydrogen-bond acceptors (Lipinski definition) is 6. The van der Waals surface area contributed by atoms with Crippen molar-refractivity contribution < 1.29 is 9.53 Å². The van der Waals surface area contributed by atoms with Crippen molar-refractivity contribution in [2.24, 2.45) is 4.99 Å². The van der Waals surface area contributed by atoms with E-state index >= 15 is 0 Å². The third-order valence-corrected chi connectivity index (χ3v) is 8.00. The van der Waals surface area contributed by atoms with Crippen LogP contribution >= 0.6 is 23.5 Å². The van der Waals surface area contributed by atoms with Crippen molar-refractivity contribution >= 4 is 40.3 Å². The molecule has 2 aromatic rings. The molecule has 2 aliphatic heterocycles. The molecule has 0 N–H and O–H groups in total. The fraction of sp³-hybridized carbons (Fsp3) is 0.360. The van der Waals surface area contributed by atoms with Crippen LogP contribution in [0, 0.1) is 0 Å². The van der Waals surface area contributed by atoms with E-state index in [4.69, 9.17) is 9.73 Å². The van der Waals surface area contributed by atoms with Gasteiger partial charge in [-0.1, -0.05) is 55.4 Å². The Hall–Kier alpha value is -2.38. The number of carbonyl (C=O) groups excluding carboxylic acids is 1. The molecule has 168 valence electrons. The third-order valence-electron chi connectivity index (χ3n) is 5.60. The lowest BCUT2D eigenvalue weighted by molar-refractivity contribution is -0.122. The first kappa shape index (κ1) is 22.8. The van der Waals surface area contributed by atoms with Gasteiger partial charge < -0.3 is 9.64 Å². The molecule has 0 unspecified atom stereocenters. The number of amidine groups is 1. The summed E-state index contributed by atoms with van der Waals surface area (Å²) in [5.41, 5.74) is 2.24. The summed E-state index contributed by atoms with van der Waals surface area (Å²) in [6, 6.07) is 16.3. The highest BCUT2D eigenvalue weighted by atomic mass is 32.2. The predicted octanol–water partition coefficient (Wildman–Crippen LogP) is 6.29. The first-order valence-corrected chi connectivity index (χ1v) is 12.7. The van der Waals surface area contributed by atoms with Crippen LogP contribution in [0.15, 0.2) is 68.4 Å². The van der Waals surface area contributed by atoms with Gasteiger partial charge in [0.15, 0.2) is 5.17 Å². The van der Waals surface area contributed by atoms with E-state index in [2.05, 4.69) is 43.9 Å². The van der Waals surface area contributed by atoms with Crippen molar-refractivity contribution in [2.45, 2.75) is 44.6 Å². The Balaban J connectivity index is 1.71. The number of ether oxygens (including phenoxy) is 1. The Labute approximate surface area is 198 Å². The van der Waals surface area contributed by atoms with Gasteiger partial charge >= 0.3 is 0 Å². The summed E-state index contributed by atoms with van der Waals surface area (Å²) in [6.45, 7) is 7.81. The van der Waals surface area contributed by atoms with E-state index in [-0.39, 0.29) is 11.9 Å². The molecule has 2 aliphatic rings. The van der Waals surface area contributed by atoms with Gasteiger partial charge in [0.1, 0.15) is 15.7 Å². The summed E-state index contributed by atoms with van der Waals surface area (Å²) in [5, 5.41) is 1.79. The number of anilines is 1. The lowest BCUT2D eigenvalue weighted by Crippen LogP contribution is -2.31. The Bertz CT molecular complexity index is 1050. The number of amides is 1. The summed E-state index contributed by atoms with van der Waals surface area (Å²) in [5.74, 6) is 0.881. The zero-order chi connectivity index (χ0) is 22.7. The molecule has 7 heteroatoms. The van der Waals surface area contributed by atoms with Gasteiger partial charge in [-0.15, -0.1) is 0 Å². The zero-order valence-corrected chi connectivity index (χ0v) is 20.6. The highest BCUT2D eigenvalue weighted by Crippen LogP contribution is 2.51. The molecule has 1 atom stereocenters. The summed E-state index contributed by atoms with van der Waals surface area (Å²) in [4.78, 5) is 24.5. The number of fused-ring (bicyclic) bond motifs is 1. The maximum Gasteiger partial charge on any atom is 0.269 e. The molecule has 1 fully saturated rings. The minimum Gasteiger partial charge on any atom is -0.497 e. The maximum atomic E-state index is 13.6. The summed E-state index contributed by atoms with van der Waals surface area (Å²) < 4.78 is 5.43. The SMILES string of the molecule is CCCCN1C(=O)C(=C2Sc3ccc(OC)cc3N2CC)SC1=N[C@@H](C)c1ccccc1. The Morgan fingerprint density at radius 1 is 1.06 bits per heavy atom. The van der Waals surface area contributed by atoms with Crippen LogP contribution in [0.4, 0.5) is 5.69 Å². The van der Waals surface area contributed by atoms with Crippen LogP contribution in [0.3, 0.4) is 0 Å². The number of rotatable bonds is 7. The molecular formula is C25H29N3O2S2. The Kier molecular flexibility index (Phi) is 7.16. The van der Waals surface area contributed by atoms with Crippen molar-refractivity contribution in [3.8, 4) is 5.75 Å². The summed E-state index contributed by atoms with van der Waals surface area (Å²) in [6.07, 6.45) is 1.98. The number of unbranched alkanes of at least 4 members (excludes halogenated alkanes) is 1. The van der Waals surface area contributed by atoms with E-state index in [0.717, 1.165) is 56.4 Å². The average Bonchev–Trinajstić information content (AvgIpc) is 3.34. The molecule has 1 amide bonds. The molecule has 0 bridgehead atoms. The molecule has 0 spiro atoms. The second-order valence-corrected chi connectivity index (χ2v) is 9.73. The number of hydrogen-bond donors (Lipinski definition) is 0. The van der Waals surface area contributed by atoms with Gasteiger partial charge in [0.25, 0.3) is 5.91 Å². The molecule has 5 nitrogen and oxygen atoms in total.